The van der Waals surface area contributed by atoms with Crippen LogP contribution in [0.15, 0.2) is 0 Å². The number of likely N-dealkylation sites (N-methyl/N-ethyl adjacent to an activating group) is 1. The molecule has 1 aliphatic heterocycles. The third kappa shape index (κ3) is 5.30. The molecule has 0 aromatic heterocycles. The molecule has 2 rings (SSSR count). The molecule has 1 heterocycles. The van der Waals surface area contributed by atoms with Crippen LogP contribution in [-0.2, 0) is 9.59 Å². The van der Waals surface area contributed by atoms with Crippen molar-refractivity contribution in [3.63, 3.8) is 0 Å². The predicted molar refractivity (Wildman–Crippen MR) is 82.9 cm³/mol. The minimum atomic E-state index is 0.0771. The van der Waals surface area contributed by atoms with E-state index in [2.05, 4.69) is 5.32 Å². The molecule has 1 saturated carbocycles. The average molecular weight is 295 g/mol. The molecule has 2 fully saturated rings. The van der Waals surface area contributed by atoms with Crippen molar-refractivity contribution in [3.05, 3.63) is 0 Å². The van der Waals surface area contributed by atoms with Crippen LogP contribution in [0.5, 0.6) is 0 Å². The molecular formula is C16H29N3O2. The zero-order valence-corrected chi connectivity index (χ0v) is 13.3. The van der Waals surface area contributed by atoms with E-state index in [1.54, 1.807) is 11.9 Å². The zero-order valence-electron chi connectivity index (χ0n) is 13.3. The monoisotopic (exact) mass is 295 g/mol. The van der Waals surface area contributed by atoms with Gasteiger partial charge in [0.2, 0.25) is 11.8 Å². The lowest BCUT2D eigenvalue weighted by Gasteiger charge is -2.29. The second-order valence-electron chi connectivity index (χ2n) is 6.44. The summed E-state index contributed by atoms with van der Waals surface area (Å²) in [5.74, 6) is 0.732. The Morgan fingerprint density at radius 2 is 1.71 bits per heavy atom. The largest absolute Gasteiger partial charge is 0.339 e. The van der Waals surface area contributed by atoms with Crippen molar-refractivity contribution in [2.45, 2.75) is 44.9 Å². The standard InChI is InChI=1S/C16H29N3O2/c1-18(13-16(21)19-10-8-17-9-11-19)15(20)12-14-6-4-2-3-5-7-14/h14,17H,2-13H2,1H3. The van der Waals surface area contributed by atoms with E-state index in [1.807, 2.05) is 4.90 Å². The SMILES string of the molecule is CN(CC(=O)N1CCNCC1)C(=O)CC1CCCCCC1. The maximum absolute atomic E-state index is 12.3. The minimum absolute atomic E-state index is 0.0771. The molecule has 21 heavy (non-hydrogen) atoms. The van der Waals surface area contributed by atoms with Crippen LogP contribution < -0.4 is 5.32 Å². The van der Waals surface area contributed by atoms with E-state index < -0.39 is 0 Å². The Balaban J connectivity index is 1.74. The first-order valence-electron chi connectivity index (χ1n) is 8.39. The first-order valence-corrected chi connectivity index (χ1v) is 8.39. The zero-order chi connectivity index (χ0) is 15.1. The van der Waals surface area contributed by atoms with Gasteiger partial charge in [-0.1, -0.05) is 25.7 Å². The van der Waals surface area contributed by atoms with Crippen LogP contribution in [0.2, 0.25) is 0 Å². The van der Waals surface area contributed by atoms with Crippen molar-refractivity contribution in [1.29, 1.82) is 0 Å². The van der Waals surface area contributed by atoms with E-state index in [1.165, 1.54) is 38.5 Å². The lowest BCUT2D eigenvalue weighted by molar-refractivity contribution is -0.140. The molecule has 0 radical (unpaired) electrons. The fourth-order valence-electron chi connectivity index (χ4n) is 3.28. The van der Waals surface area contributed by atoms with Crippen molar-refractivity contribution in [2.75, 3.05) is 39.8 Å². The number of hydrogen-bond donors (Lipinski definition) is 1. The normalized spacial score (nSPS) is 20.9. The Kier molecular flexibility index (Phi) is 6.49. The second-order valence-corrected chi connectivity index (χ2v) is 6.44. The first-order chi connectivity index (χ1) is 10.2. The van der Waals surface area contributed by atoms with Crippen LogP contribution in [0.4, 0.5) is 0 Å². The van der Waals surface area contributed by atoms with Gasteiger partial charge in [0.15, 0.2) is 0 Å². The topological polar surface area (TPSA) is 52.7 Å². The lowest BCUT2D eigenvalue weighted by atomic mass is 9.96. The number of hydrogen-bond acceptors (Lipinski definition) is 3. The second kappa shape index (κ2) is 8.37. The number of carbonyl (C=O) groups is 2. The molecule has 0 bridgehead atoms. The first kappa shape index (κ1) is 16.3. The van der Waals surface area contributed by atoms with Crippen molar-refractivity contribution in [1.82, 2.24) is 15.1 Å². The third-order valence-electron chi connectivity index (χ3n) is 4.71. The van der Waals surface area contributed by atoms with E-state index in [-0.39, 0.29) is 18.4 Å². The number of piperazine rings is 1. The molecule has 1 saturated heterocycles. The van der Waals surface area contributed by atoms with Crippen LogP contribution in [0, 0.1) is 5.92 Å². The summed E-state index contributed by atoms with van der Waals surface area (Å²) in [7, 11) is 1.76. The summed E-state index contributed by atoms with van der Waals surface area (Å²) in [6.07, 6.45) is 8.08. The molecule has 5 heteroatoms. The Labute approximate surface area is 128 Å². The van der Waals surface area contributed by atoms with Crippen LogP contribution in [0.1, 0.15) is 44.9 Å². The maximum Gasteiger partial charge on any atom is 0.242 e. The summed E-state index contributed by atoms with van der Waals surface area (Å²) in [5, 5.41) is 3.23. The quantitative estimate of drug-likeness (QED) is 0.794. The van der Waals surface area contributed by atoms with Gasteiger partial charge in [0.05, 0.1) is 6.54 Å². The summed E-state index contributed by atoms with van der Waals surface area (Å²) < 4.78 is 0. The molecule has 2 aliphatic rings. The highest BCUT2D eigenvalue weighted by atomic mass is 16.2. The number of carbonyl (C=O) groups excluding carboxylic acids is 2. The molecule has 0 unspecified atom stereocenters. The van der Waals surface area contributed by atoms with Gasteiger partial charge < -0.3 is 15.1 Å². The van der Waals surface area contributed by atoms with E-state index in [9.17, 15) is 9.59 Å². The number of nitrogens with zero attached hydrogens (tertiary/aromatic N) is 2. The van der Waals surface area contributed by atoms with E-state index in [0.29, 0.717) is 12.3 Å². The van der Waals surface area contributed by atoms with Gasteiger partial charge in [0.1, 0.15) is 0 Å². The van der Waals surface area contributed by atoms with Gasteiger partial charge in [-0.2, -0.15) is 0 Å². The van der Waals surface area contributed by atoms with Crippen molar-refractivity contribution in [3.8, 4) is 0 Å². The summed E-state index contributed by atoms with van der Waals surface area (Å²) in [6, 6.07) is 0. The van der Waals surface area contributed by atoms with Gasteiger partial charge in [-0.3, -0.25) is 9.59 Å². The number of amides is 2. The third-order valence-corrected chi connectivity index (χ3v) is 4.71. The molecule has 0 atom stereocenters. The highest BCUT2D eigenvalue weighted by Gasteiger charge is 2.22. The Bertz CT molecular complexity index is 345. The summed E-state index contributed by atoms with van der Waals surface area (Å²) in [4.78, 5) is 27.9. The van der Waals surface area contributed by atoms with Gasteiger partial charge >= 0.3 is 0 Å². The molecule has 120 valence electrons. The van der Waals surface area contributed by atoms with Crippen LogP contribution in [0.25, 0.3) is 0 Å². The summed E-state index contributed by atoms with van der Waals surface area (Å²) in [6.45, 7) is 3.44. The molecule has 1 N–H and O–H groups in total. The fraction of sp³-hybridized carbons (Fsp3) is 0.875. The molecule has 0 aromatic carbocycles. The van der Waals surface area contributed by atoms with Crippen LogP contribution in [-0.4, -0.2) is 61.4 Å². The minimum Gasteiger partial charge on any atom is -0.339 e. The maximum atomic E-state index is 12.3. The molecule has 1 aliphatic carbocycles. The average Bonchev–Trinajstić information content (AvgIpc) is 2.76. The molecule has 5 nitrogen and oxygen atoms in total. The van der Waals surface area contributed by atoms with Crippen molar-refractivity contribution in [2.24, 2.45) is 5.92 Å². The summed E-state index contributed by atoms with van der Waals surface area (Å²) in [5.41, 5.74) is 0. The molecular weight excluding hydrogens is 266 g/mol. The van der Waals surface area contributed by atoms with Gasteiger partial charge in [0, 0.05) is 39.6 Å². The van der Waals surface area contributed by atoms with Gasteiger partial charge in [-0.05, 0) is 18.8 Å². The molecule has 0 aromatic rings. The Morgan fingerprint density at radius 1 is 1.10 bits per heavy atom. The lowest BCUT2D eigenvalue weighted by Crippen LogP contribution is -2.49. The van der Waals surface area contributed by atoms with E-state index in [0.717, 1.165) is 26.2 Å². The Morgan fingerprint density at radius 3 is 2.33 bits per heavy atom. The van der Waals surface area contributed by atoms with Crippen molar-refractivity contribution >= 4 is 11.8 Å². The molecule has 0 spiro atoms. The van der Waals surface area contributed by atoms with Gasteiger partial charge in [-0.15, -0.1) is 0 Å². The van der Waals surface area contributed by atoms with Crippen LogP contribution in [0.3, 0.4) is 0 Å². The number of rotatable bonds is 4. The predicted octanol–water partition coefficient (Wildman–Crippen LogP) is 1.24. The molecule has 2 amide bonds. The van der Waals surface area contributed by atoms with Crippen LogP contribution >= 0.6 is 0 Å². The van der Waals surface area contributed by atoms with Gasteiger partial charge in [-0.25, -0.2) is 0 Å². The van der Waals surface area contributed by atoms with E-state index in [4.69, 9.17) is 0 Å². The van der Waals surface area contributed by atoms with Crippen molar-refractivity contribution < 1.29 is 9.59 Å². The highest BCUT2D eigenvalue weighted by Crippen LogP contribution is 2.25. The Hall–Kier alpha value is -1.10. The highest BCUT2D eigenvalue weighted by molar-refractivity contribution is 5.84. The number of nitrogens with one attached hydrogen (secondary N) is 1. The fourth-order valence-corrected chi connectivity index (χ4v) is 3.28. The van der Waals surface area contributed by atoms with Gasteiger partial charge in [0.25, 0.3) is 0 Å². The smallest absolute Gasteiger partial charge is 0.242 e. The summed E-state index contributed by atoms with van der Waals surface area (Å²) >= 11 is 0. The van der Waals surface area contributed by atoms with E-state index >= 15 is 0 Å².